The Labute approximate surface area is 326 Å². The molecular weight excluding hydrogens is 766 g/mol. The summed E-state index contributed by atoms with van der Waals surface area (Å²) >= 11 is 2.88. The number of esters is 1. The number of hydrogen-bond acceptors (Lipinski definition) is 13. The van der Waals surface area contributed by atoms with E-state index in [1.54, 1.807) is 56.4 Å². The number of halogens is 3. The Balaban J connectivity index is 0.000000300. The van der Waals surface area contributed by atoms with Crippen LogP contribution in [0.2, 0.25) is 0 Å². The van der Waals surface area contributed by atoms with Gasteiger partial charge in [0.2, 0.25) is 0 Å². The van der Waals surface area contributed by atoms with Gasteiger partial charge in [0, 0.05) is 34.2 Å². The number of rotatable bonds is 14. The van der Waals surface area contributed by atoms with E-state index in [1.807, 2.05) is 26.0 Å². The average molecular weight is 811 g/mol. The zero-order valence-corrected chi connectivity index (χ0v) is 33.2. The van der Waals surface area contributed by atoms with Crippen molar-refractivity contribution in [3.63, 3.8) is 0 Å². The molecule has 2 aromatic carbocycles. The maximum absolute atomic E-state index is 12.6. The molecule has 4 aromatic rings. The van der Waals surface area contributed by atoms with E-state index in [0.717, 1.165) is 62.6 Å². The number of ether oxygens (including phenoxy) is 3. The number of aromatic nitrogens is 2. The summed E-state index contributed by atoms with van der Waals surface area (Å²) in [7, 11) is 1.56. The van der Waals surface area contributed by atoms with Crippen LogP contribution in [0.15, 0.2) is 75.6 Å². The predicted octanol–water partition coefficient (Wildman–Crippen LogP) is 9.10. The van der Waals surface area contributed by atoms with Gasteiger partial charge in [-0.05, 0) is 103 Å². The Morgan fingerprint density at radius 3 is 2.07 bits per heavy atom. The van der Waals surface area contributed by atoms with Crippen molar-refractivity contribution < 1.29 is 47.2 Å². The molecule has 1 amide bonds. The van der Waals surface area contributed by atoms with Crippen LogP contribution in [0.25, 0.3) is 0 Å². The van der Waals surface area contributed by atoms with Crippen LogP contribution >= 0.6 is 35.3 Å². The van der Waals surface area contributed by atoms with Crippen molar-refractivity contribution in [1.82, 2.24) is 9.97 Å². The molecule has 0 radical (unpaired) electrons. The van der Waals surface area contributed by atoms with E-state index in [-0.39, 0.29) is 52.5 Å². The standard InChI is InChI=1S/C18H22N2O4S.C12H17NO2S.C7H6F3NOS/c1-4-25-16-8-13(10-24-11-23-3)9-19-17(16)18(22)20-14-7-12(2)5-6-15(14)21;1-4-9-7-10(16-6-3)11(13-8-9)12(14)15-5-2;8-7(9,10)13-4-1-2-6(12)5(11)3-4/h5-9,21H,4,10-11H2,1-3H3,(H,20,22);7-8H,4-6H2,1-3H3;1-3,12H,11H2. The van der Waals surface area contributed by atoms with Crippen LogP contribution in [0.5, 0.6) is 11.5 Å². The molecule has 0 bridgehead atoms. The maximum Gasteiger partial charge on any atom is 0.446 e. The second-order valence-electron chi connectivity index (χ2n) is 10.8. The van der Waals surface area contributed by atoms with E-state index in [1.165, 1.54) is 11.8 Å². The average Bonchev–Trinajstić information content (AvgIpc) is 3.12. The first kappa shape index (κ1) is 46.0. The quantitative estimate of drug-likeness (QED) is 0.0238. The topological polar surface area (TPSA) is 166 Å². The van der Waals surface area contributed by atoms with Crippen molar-refractivity contribution in [2.24, 2.45) is 0 Å². The number of methoxy groups -OCH3 is 1. The highest BCUT2D eigenvalue weighted by atomic mass is 32.2. The van der Waals surface area contributed by atoms with Crippen LogP contribution < -0.4 is 11.1 Å². The third-order valence-electron chi connectivity index (χ3n) is 6.61. The molecule has 0 saturated heterocycles. The van der Waals surface area contributed by atoms with Crippen molar-refractivity contribution in [2.45, 2.75) is 67.8 Å². The molecule has 294 valence electrons. The highest BCUT2D eigenvalue weighted by molar-refractivity contribution is 8.00. The number of thioether (sulfide) groups is 3. The van der Waals surface area contributed by atoms with E-state index in [9.17, 15) is 27.9 Å². The lowest BCUT2D eigenvalue weighted by atomic mass is 10.2. The Hall–Kier alpha value is -4.16. The van der Waals surface area contributed by atoms with E-state index in [0.29, 0.717) is 30.3 Å². The van der Waals surface area contributed by atoms with Crippen molar-refractivity contribution >= 4 is 58.5 Å². The van der Waals surface area contributed by atoms with Gasteiger partial charge in [0.15, 0.2) is 5.69 Å². The van der Waals surface area contributed by atoms with Crippen LogP contribution in [0.4, 0.5) is 24.5 Å². The molecule has 0 fully saturated rings. The van der Waals surface area contributed by atoms with Crippen molar-refractivity contribution in [3.8, 4) is 11.5 Å². The van der Waals surface area contributed by atoms with Gasteiger partial charge in [0.25, 0.3) is 5.91 Å². The summed E-state index contributed by atoms with van der Waals surface area (Å²) in [5, 5.41) is 21.5. The fraction of sp³-hybridized carbons (Fsp3) is 0.351. The summed E-state index contributed by atoms with van der Waals surface area (Å²) in [5.74, 6) is 0.837. The number of phenolic OH excluding ortho intramolecular Hbond substituents is 2. The van der Waals surface area contributed by atoms with Gasteiger partial charge in [0.05, 0.1) is 24.6 Å². The molecule has 0 atom stereocenters. The number of phenols is 2. The van der Waals surface area contributed by atoms with Crippen molar-refractivity contribution in [1.29, 1.82) is 0 Å². The van der Waals surface area contributed by atoms with Crippen molar-refractivity contribution in [3.05, 3.63) is 89.0 Å². The molecule has 0 aliphatic carbocycles. The molecule has 0 unspecified atom stereocenters. The number of nitrogens with one attached hydrogen (secondary N) is 1. The molecule has 0 aliphatic rings. The van der Waals surface area contributed by atoms with Gasteiger partial charge in [-0.1, -0.05) is 26.8 Å². The second kappa shape index (κ2) is 23.6. The Morgan fingerprint density at radius 1 is 0.870 bits per heavy atom. The monoisotopic (exact) mass is 810 g/mol. The number of nitrogens with zero attached hydrogens (tertiary/aromatic N) is 2. The van der Waals surface area contributed by atoms with E-state index in [2.05, 4.69) is 29.1 Å². The molecule has 17 heteroatoms. The van der Waals surface area contributed by atoms with Crippen LogP contribution in [0, 0.1) is 6.92 Å². The minimum Gasteiger partial charge on any atom is -0.506 e. The molecule has 0 saturated carbocycles. The SMILES string of the molecule is CCOC(=O)c1ncc(CC)cc1SCC.CCSc1cc(COCOC)cnc1C(=O)Nc1cc(C)ccc1O.Nc1cc(SC(F)(F)F)ccc1O. The molecule has 2 heterocycles. The second-order valence-corrected chi connectivity index (χ2v) is 14.6. The fourth-order valence-electron chi connectivity index (χ4n) is 4.20. The summed E-state index contributed by atoms with van der Waals surface area (Å²) in [6.07, 6.45) is 4.28. The van der Waals surface area contributed by atoms with Crippen LogP contribution in [0.3, 0.4) is 0 Å². The molecule has 0 spiro atoms. The van der Waals surface area contributed by atoms with Crippen molar-refractivity contribution in [2.75, 3.05) is 43.1 Å². The Kier molecular flexibility index (Phi) is 20.1. The smallest absolute Gasteiger partial charge is 0.446 e. The summed E-state index contributed by atoms with van der Waals surface area (Å²) < 4.78 is 50.7. The van der Waals surface area contributed by atoms with Gasteiger partial charge in [-0.25, -0.2) is 14.8 Å². The van der Waals surface area contributed by atoms with Crippen LogP contribution in [-0.2, 0) is 27.2 Å². The van der Waals surface area contributed by atoms with Gasteiger partial charge < -0.3 is 35.5 Å². The van der Waals surface area contributed by atoms with E-state index >= 15 is 0 Å². The number of pyridine rings is 2. The molecule has 4 rings (SSSR count). The zero-order valence-electron chi connectivity index (χ0n) is 30.8. The number of amides is 1. The number of hydrogen-bond donors (Lipinski definition) is 4. The third kappa shape index (κ3) is 16.1. The molecule has 2 aromatic heterocycles. The highest BCUT2D eigenvalue weighted by Crippen LogP contribution is 2.38. The summed E-state index contributed by atoms with van der Waals surface area (Å²) in [5.41, 5.74) is 4.89. The summed E-state index contributed by atoms with van der Waals surface area (Å²) in [6, 6.07) is 12.3. The minimum atomic E-state index is -4.33. The van der Waals surface area contributed by atoms with Gasteiger partial charge in [0.1, 0.15) is 24.0 Å². The molecule has 5 N–H and O–H groups in total. The van der Waals surface area contributed by atoms with Crippen LogP contribution in [0.1, 0.15) is 65.4 Å². The lowest BCUT2D eigenvalue weighted by Gasteiger charge is -2.12. The molecule has 54 heavy (non-hydrogen) atoms. The maximum atomic E-state index is 12.6. The number of nitrogens with two attached hydrogens (primary N) is 1. The molecule has 0 aliphatic heterocycles. The first-order chi connectivity index (χ1) is 25.7. The van der Waals surface area contributed by atoms with Gasteiger partial charge in [-0.15, -0.1) is 23.5 Å². The Morgan fingerprint density at radius 2 is 1.48 bits per heavy atom. The summed E-state index contributed by atoms with van der Waals surface area (Å²) in [4.78, 5) is 34.4. The lowest BCUT2D eigenvalue weighted by Crippen LogP contribution is -2.15. The van der Waals surface area contributed by atoms with Crippen LogP contribution in [-0.4, -0.2) is 69.6 Å². The lowest BCUT2D eigenvalue weighted by molar-refractivity contribution is -0.0392. The number of carbonyl (C=O) groups is 2. The number of anilines is 2. The fourth-order valence-corrected chi connectivity index (χ4v) is 6.44. The number of nitrogen functional groups attached to an aromatic ring is 1. The number of benzene rings is 2. The van der Waals surface area contributed by atoms with Gasteiger partial charge in [-0.3, -0.25) is 4.79 Å². The number of aromatic hydroxyl groups is 2. The van der Waals surface area contributed by atoms with Gasteiger partial charge in [-0.2, -0.15) is 13.2 Å². The van der Waals surface area contributed by atoms with Gasteiger partial charge >= 0.3 is 11.5 Å². The highest BCUT2D eigenvalue weighted by Gasteiger charge is 2.29. The molecular formula is C37H45F3N4O7S3. The summed E-state index contributed by atoms with van der Waals surface area (Å²) in [6.45, 7) is 10.8. The largest absolute Gasteiger partial charge is 0.506 e. The minimum absolute atomic E-state index is 0.0215. The third-order valence-corrected chi connectivity index (χ3v) is 9.16. The normalized spacial score (nSPS) is 10.8. The molecule has 11 nitrogen and oxygen atoms in total. The van der Waals surface area contributed by atoms with E-state index in [4.69, 9.17) is 25.1 Å². The predicted molar refractivity (Wildman–Crippen MR) is 208 cm³/mol. The zero-order chi connectivity index (χ0) is 40.3. The first-order valence-electron chi connectivity index (χ1n) is 16.6. The first-order valence-corrected chi connectivity index (χ1v) is 19.4. The Bertz CT molecular complexity index is 1820. The number of carbonyl (C=O) groups excluding carboxylic acids is 2. The van der Waals surface area contributed by atoms with E-state index < -0.39 is 5.51 Å². The number of alkyl halides is 3. The number of aryl methyl sites for hydroxylation is 2.